The first kappa shape index (κ1) is 15.3. The molecule has 0 bridgehead atoms. The highest BCUT2D eigenvalue weighted by atomic mass is 32.2. The molecule has 0 aliphatic carbocycles. The molecule has 112 valence electrons. The number of hydrogen-bond acceptors (Lipinski definition) is 4. The maximum Gasteiger partial charge on any atom is 0.243 e. The van der Waals surface area contributed by atoms with E-state index in [0.717, 1.165) is 0 Å². The Morgan fingerprint density at radius 3 is 2.45 bits per heavy atom. The van der Waals surface area contributed by atoms with Crippen molar-refractivity contribution in [2.75, 3.05) is 32.9 Å². The number of likely N-dealkylation sites (N-methyl/N-ethyl adjacent to an activating group) is 1. The number of anilines is 1. The first-order valence-corrected chi connectivity index (χ1v) is 8.20. The van der Waals surface area contributed by atoms with E-state index in [1.54, 1.807) is 29.4 Å². The minimum Gasteiger partial charge on any atom is -0.399 e. The summed E-state index contributed by atoms with van der Waals surface area (Å²) in [5, 5.41) is 0. The van der Waals surface area contributed by atoms with Crippen LogP contribution in [0, 0.1) is 12.8 Å². The van der Waals surface area contributed by atoms with Gasteiger partial charge in [0.15, 0.2) is 0 Å². The van der Waals surface area contributed by atoms with Crippen LogP contribution in [0.15, 0.2) is 23.1 Å². The van der Waals surface area contributed by atoms with Crippen molar-refractivity contribution in [3.05, 3.63) is 23.8 Å². The largest absolute Gasteiger partial charge is 0.399 e. The van der Waals surface area contributed by atoms with Crippen molar-refractivity contribution in [1.29, 1.82) is 0 Å². The zero-order valence-electron chi connectivity index (χ0n) is 12.5. The molecule has 1 aromatic carbocycles. The lowest BCUT2D eigenvalue weighted by Crippen LogP contribution is -2.35. The lowest BCUT2D eigenvalue weighted by atomic mass is 10.1. The van der Waals surface area contributed by atoms with Crippen LogP contribution < -0.4 is 5.73 Å². The van der Waals surface area contributed by atoms with Gasteiger partial charge >= 0.3 is 0 Å². The Balaban J connectivity index is 2.32. The van der Waals surface area contributed by atoms with Gasteiger partial charge in [0, 0.05) is 24.8 Å². The van der Waals surface area contributed by atoms with Gasteiger partial charge in [-0.1, -0.05) is 6.92 Å². The van der Waals surface area contributed by atoms with Crippen LogP contribution in [0.3, 0.4) is 0 Å². The summed E-state index contributed by atoms with van der Waals surface area (Å²) in [4.78, 5) is 2.45. The van der Waals surface area contributed by atoms with Crippen LogP contribution in [0.2, 0.25) is 0 Å². The highest BCUT2D eigenvalue weighted by Gasteiger charge is 2.38. The molecule has 1 aliphatic heterocycles. The van der Waals surface area contributed by atoms with E-state index in [1.807, 2.05) is 14.1 Å². The minimum atomic E-state index is -3.43. The molecule has 1 fully saturated rings. The van der Waals surface area contributed by atoms with Gasteiger partial charge in [0.05, 0.1) is 4.90 Å². The summed E-state index contributed by atoms with van der Waals surface area (Å²) < 4.78 is 27.1. The second-order valence-electron chi connectivity index (χ2n) is 5.86. The molecule has 0 radical (unpaired) electrons. The fourth-order valence-corrected chi connectivity index (χ4v) is 4.64. The fraction of sp³-hybridized carbons (Fsp3) is 0.571. The number of nitrogens with two attached hydrogens (primary N) is 1. The van der Waals surface area contributed by atoms with Crippen LogP contribution in [-0.2, 0) is 10.0 Å². The molecule has 20 heavy (non-hydrogen) atoms. The average molecular weight is 297 g/mol. The van der Waals surface area contributed by atoms with Gasteiger partial charge in [-0.05, 0) is 50.7 Å². The Labute approximate surface area is 121 Å². The van der Waals surface area contributed by atoms with Crippen molar-refractivity contribution in [1.82, 2.24) is 9.21 Å². The minimum absolute atomic E-state index is 0.263. The molecule has 0 aromatic heterocycles. The molecule has 1 aromatic rings. The number of hydrogen-bond donors (Lipinski definition) is 1. The molecular weight excluding hydrogens is 274 g/mol. The molecule has 1 heterocycles. The van der Waals surface area contributed by atoms with Gasteiger partial charge in [-0.2, -0.15) is 4.31 Å². The van der Waals surface area contributed by atoms with E-state index >= 15 is 0 Å². The zero-order valence-corrected chi connectivity index (χ0v) is 13.3. The summed E-state index contributed by atoms with van der Waals surface area (Å²) in [5.41, 5.74) is 6.98. The molecule has 2 unspecified atom stereocenters. The number of nitrogens with zero attached hydrogens (tertiary/aromatic N) is 2. The molecule has 1 saturated heterocycles. The van der Waals surface area contributed by atoms with E-state index in [-0.39, 0.29) is 6.04 Å². The third-order valence-electron chi connectivity index (χ3n) is 4.02. The smallest absolute Gasteiger partial charge is 0.243 e. The Morgan fingerprint density at radius 1 is 1.30 bits per heavy atom. The molecule has 0 saturated carbocycles. The van der Waals surface area contributed by atoms with Crippen molar-refractivity contribution in [3.63, 3.8) is 0 Å². The maximum absolute atomic E-state index is 12.7. The van der Waals surface area contributed by atoms with Crippen molar-refractivity contribution >= 4 is 15.7 Å². The first-order chi connectivity index (χ1) is 9.23. The lowest BCUT2D eigenvalue weighted by molar-refractivity contribution is 0.263. The summed E-state index contributed by atoms with van der Waals surface area (Å²) in [7, 11) is 0.549. The van der Waals surface area contributed by atoms with Gasteiger partial charge in [0.25, 0.3) is 0 Å². The molecule has 2 N–H and O–H groups in total. The van der Waals surface area contributed by atoms with Crippen LogP contribution in [0.5, 0.6) is 0 Å². The van der Waals surface area contributed by atoms with Crippen molar-refractivity contribution in [3.8, 4) is 0 Å². The Bertz CT molecular complexity index is 598. The van der Waals surface area contributed by atoms with Gasteiger partial charge in [0.1, 0.15) is 0 Å². The van der Waals surface area contributed by atoms with E-state index in [0.29, 0.717) is 35.2 Å². The third-order valence-corrected chi connectivity index (χ3v) is 6.01. The highest BCUT2D eigenvalue weighted by Crippen LogP contribution is 2.28. The van der Waals surface area contributed by atoms with Gasteiger partial charge in [-0.3, -0.25) is 0 Å². The number of benzene rings is 1. The maximum atomic E-state index is 12.7. The quantitative estimate of drug-likeness (QED) is 0.850. The predicted molar refractivity (Wildman–Crippen MR) is 81.0 cm³/mol. The van der Waals surface area contributed by atoms with E-state index in [2.05, 4.69) is 11.8 Å². The first-order valence-electron chi connectivity index (χ1n) is 6.76. The monoisotopic (exact) mass is 297 g/mol. The summed E-state index contributed by atoms with van der Waals surface area (Å²) in [6, 6.07) is 5.21. The number of nitrogen functional groups attached to an aromatic ring is 1. The SMILES string of the molecule is Cc1cc(N)ccc1S(=O)(=O)N1CC(C)C(N(C)C)C1. The van der Waals surface area contributed by atoms with Gasteiger partial charge in [-0.15, -0.1) is 0 Å². The molecule has 1 aliphatic rings. The van der Waals surface area contributed by atoms with Crippen molar-refractivity contribution in [2.45, 2.75) is 24.8 Å². The number of rotatable bonds is 3. The summed E-state index contributed by atoms with van der Waals surface area (Å²) in [6.45, 7) is 4.98. The van der Waals surface area contributed by atoms with E-state index in [4.69, 9.17) is 5.73 Å². The normalized spacial score (nSPS) is 24.4. The fourth-order valence-electron chi connectivity index (χ4n) is 2.88. The molecular formula is C14H23N3O2S. The van der Waals surface area contributed by atoms with Crippen LogP contribution in [-0.4, -0.2) is 50.8 Å². The molecule has 5 nitrogen and oxygen atoms in total. The molecule has 6 heteroatoms. The average Bonchev–Trinajstić information content (AvgIpc) is 2.71. The highest BCUT2D eigenvalue weighted by molar-refractivity contribution is 7.89. The second kappa shape index (κ2) is 5.35. The lowest BCUT2D eigenvalue weighted by Gasteiger charge is -2.22. The Hall–Kier alpha value is -1.11. The van der Waals surface area contributed by atoms with Crippen LogP contribution in [0.4, 0.5) is 5.69 Å². The molecule has 0 spiro atoms. The Kier molecular flexibility index (Phi) is 4.09. The van der Waals surface area contributed by atoms with E-state index in [9.17, 15) is 8.42 Å². The number of aryl methyl sites for hydroxylation is 1. The third kappa shape index (κ3) is 2.68. The van der Waals surface area contributed by atoms with E-state index in [1.165, 1.54) is 0 Å². The van der Waals surface area contributed by atoms with Gasteiger partial charge in [0.2, 0.25) is 10.0 Å². The predicted octanol–water partition coefficient (Wildman–Crippen LogP) is 1.15. The van der Waals surface area contributed by atoms with Gasteiger partial charge < -0.3 is 10.6 Å². The zero-order chi connectivity index (χ0) is 15.1. The van der Waals surface area contributed by atoms with E-state index < -0.39 is 10.0 Å². The van der Waals surface area contributed by atoms with Crippen molar-refractivity contribution in [2.24, 2.45) is 5.92 Å². The molecule has 0 amide bonds. The topological polar surface area (TPSA) is 66.6 Å². The van der Waals surface area contributed by atoms with Crippen LogP contribution in [0.1, 0.15) is 12.5 Å². The second-order valence-corrected chi connectivity index (χ2v) is 7.76. The Morgan fingerprint density at radius 2 is 1.95 bits per heavy atom. The summed E-state index contributed by atoms with van der Waals surface area (Å²) >= 11 is 0. The van der Waals surface area contributed by atoms with Crippen molar-refractivity contribution < 1.29 is 8.42 Å². The molecule has 2 atom stereocenters. The van der Waals surface area contributed by atoms with Crippen LogP contribution in [0.25, 0.3) is 0 Å². The van der Waals surface area contributed by atoms with Gasteiger partial charge in [-0.25, -0.2) is 8.42 Å². The number of sulfonamides is 1. The molecule has 2 rings (SSSR count). The summed E-state index contributed by atoms with van der Waals surface area (Å²) in [5.74, 6) is 0.328. The summed E-state index contributed by atoms with van der Waals surface area (Å²) in [6.07, 6.45) is 0. The standard InChI is InChI=1S/C14H23N3O2S/c1-10-7-12(15)5-6-14(10)20(18,19)17-8-11(2)13(9-17)16(3)4/h5-7,11,13H,8-9,15H2,1-4H3. The van der Waals surface area contributed by atoms with Crippen LogP contribution >= 0.6 is 0 Å².